The summed E-state index contributed by atoms with van der Waals surface area (Å²) in [7, 11) is 0.358. The van der Waals surface area contributed by atoms with Crippen LogP contribution < -0.4 is 10.0 Å². The highest BCUT2D eigenvalue weighted by molar-refractivity contribution is 7.89. The molecule has 0 saturated heterocycles. The highest BCUT2D eigenvalue weighted by Crippen LogP contribution is 2.37. The lowest BCUT2D eigenvalue weighted by atomic mass is 9.90. The van der Waals surface area contributed by atoms with E-state index in [0.717, 1.165) is 23.4 Å². The Bertz CT molecular complexity index is 1320. The number of hydrogen-bond donors (Lipinski definition) is 2. The number of amides is 1. The molecule has 0 saturated carbocycles. The summed E-state index contributed by atoms with van der Waals surface area (Å²) in [4.78, 5) is 20.2. The highest BCUT2D eigenvalue weighted by Gasteiger charge is 2.36. The Morgan fingerprint density at radius 2 is 1.74 bits per heavy atom. The van der Waals surface area contributed by atoms with Crippen LogP contribution in [-0.2, 0) is 21.4 Å². The zero-order chi connectivity index (χ0) is 24.3. The van der Waals surface area contributed by atoms with E-state index >= 15 is 0 Å². The van der Waals surface area contributed by atoms with Crippen molar-refractivity contribution in [1.82, 2.24) is 9.62 Å². The van der Waals surface area contributed by atoms with Gasteiger partial charge in [-0.2, -0.15) is 0 Å². The maximum atomic E-state index is 13.1. The first-order chi connectivity index (χ1) is 16.3. The van der Waals surface area contributed by atoms with Crippen molar-refractivity contribution < 1.29 is 13.2 Å². The molecule has 0 radical (unpaired) electrons. The van der Waals surface area contributed by atoms with Gasteiger partial charge in [0.1, 0.15) is 5.92 Å². The van der Waals surface area contributed by atoms with E-state index in [0.29, 0.717) is 17.0 Å². The normalized spacial score (nSPS) is 15.9. The van der Waals surface area contributed by atoms with Gasteiger partial charge < -0.3 is 10.2 Å². The fourth-order valence-electron chi connectivity index (χ4n) is 4.04. The van der Waals surface area contributed by atoms with Crippen LogP contribution in [0.15, 0.2) is 82.7 Å². The Labute approximate surface area is 200 Å². The molecule has 0 fully saturated rings. The second-order valence-corrected chi connectivity index (χ2v) is 10.2. The van der Waals surface area contributed by atoms with E-state index in [1.54, 1.807) is 19.1 Å². The summed E-state index contributed by atoms with van der Waals surface area (Å²) in [5.74, 6) is -0.976. The third-order valence-corrected chi connectivity index (χ3v) is 7.07. The molecule has 1 aliphatic heterocycles. The molecule has 1 atom stereocenters. The number of carbonyl (C=O) groups is 1. The average molecular weight is 477 g/mol. The van der Waals surface area contributed by atoms with E-state index in [9.17, 15) is 13.2 Å². The van der Waals surface area contributed by atoms with Crippen LogP contribution in [0.3, 0.4) is 0 Å². The van der Waals surface area contributed by atoms with E-state index in [-0.39, 0.29) is 17.3 Å². The molecule has 3 aromatic rings. The minimum atomic E-state index is -3.67. The van der Waals surface area contributed by atoms with Gasteiger partial charge in [-0.05, 0) is 61.1 Å². The van der Waals surface area contributed by atoms with Crippen LogP contribution in [0.2, 0.25) is 0 Å². The fourth-order valence-corrected chi connectivity index (χ4v) is 5.11. The molecule has 1 heterocycles. The number of sulfonamides is 1. The smallest absolute Gasteiger partial charge is 0.240 e. The maximum Gasteiger partial charge on any atom is 0.240 e. The molecule has 4 rings (SSSR count). The van der Waals surface area contributed by atoms with Gasteiger partial charge in [0.2, 0.25) is 15.9 Å². The quantitative estimate of drug-likeness (QED) is 0.483. The molecule has 3 aromatic carbocycles. The molecule has 0 bridgehead atoms. The average Bonchev–Trinajstić information content (AvgIpc) is 3.13. The lowest BCUT2D eigenvalue weighted by Crippen LogP contribution is -2.24. The predicted molar refractivity (Wildman–Crippen MR) is 135 cm³/mol. The maximum absolute atomic E-state index is 13.1. The molecule has 8 heteroatoms. The Balaban J connectivity index is 1.81. The van der Waals surface area contributed by atoms with Gasteiger partial charge in [-0.3, -0.25) is 9.79 Å². The minimum Gasteiger partial charge on any atom is -0.325 e. The first kappa shape index (κ1) is 23.8. The van der Waals surface area contributed by atoms with Gasteiger partial charge in [0, 0.05) is 18.8 Å². The summed E-state index contributed by atoms with van der Waals surface area (Å²) in [5, 5.41) is 2.88. The third kappa shape index (κ3) is 5.09. The van der Waals surface area contributed by atoms with Crippen molar-refractivity contribution in [3.05, 3.63) is 89.5 Å². The largest absolute Gasteiger partial charge is 0.325 e. The number of carbonyl (C=O) groups excluding carboxylic acids is 1. The number of benzene rings is 3. The van der Waals surface area contributed by atoms with Crippen molar-refractivity contribution in [2.75, 3.05) is 26.0 Å². The van der Waals surface area contributed by atoms with Crippen molar-refractivity contribution in [3.63, 3.8) is 0 Å². The molecule has 0 spiro atoms. The van der Waals surface area contributed by atoms with E-state index in [2.05, 4.69) is 14.9 Å². The summed E-state index contributed by atoms with van der Waals surface area (Å²) < 4.78 is 27.7. The molecule has 0 aromatic heterocycles. The minimum absolute atomic E-state index is 0.120. The second kappa shape index (κ2) is 9.89. The van der Waals surface area contributed by atoms with Gasteiger partial charge in [-0.1, -0.05) is 49.4 Å². The lowest BCUT2D eigenvalue weighted by Gasteiger charge is -2.15. The van der Waals surface area contributed by atoms with E-state index in [1.165, 1.54) is 6.07 Å². The van der Waals surface area contributed by atoms with Gasteiger partial charge in [-0.15, -0.1) is 0 Å². The zero-order valence-electron chi connectivity index (χ0n) is 19.4. The number of anilines is 1. The molecular formula is C26H28N4O3S. The van der Waals surface area contributed by atoms with Gasteiger partial charge in [0.25, 0.3) is 0 Å². The third-order valence-electron chi connectivity index (χ3n) is 5.53. The van der Waals surface area contributed by atoms with Crippen molar-refractivity contribution in [3.8, 4) is 0 Å². The zero-order valence-corrected chi connectivity index (χ0v) is 20.3. The van der Waals surface area contributed by atoms with Crippen LogP contribution in [0.1, 0.15) is 29.5 Å². The van der Waals surface area contributed by atoms with Gasteiger partial charge in [-0.25, -0.2) is 13.1 Å². The van der Waals surface area contributed by atoms with Crippen LogP contribution in [0.4, 0.5) is 11.4 Å². The Kier molecular flexibility index (Phi) is 6.92. The molecular weight excluding hydrogens is 448 g/mol. The van der Waals surface area contributed by atoms with Crippen LogP contribution >= 0.6 is 0 Å². The van der Waals surface area contributed by atoms with Crippen molar-refractivity contribution >= 4 is 33.0 Å². The summed E-state index contributed by atoms with van der Waals surface area (Å²) in [6.45, 7) is 2.82. The number of nitrogens with one attached hydrogen (secondary N) is 2. The van der Waals surface area contributed by atoms with Crippen LogP contribution in [0.25, 0.3) is 0 Å². The topological polar surface area (TPSA) is 90.9 Å². The van der Waals surface area contributed by atoms with E-state index in [4.69, 9.17) is 4.99 Å². The molecule has 176 valence electrons. The van der Waals surface area contributed by atoms with E-state index < -0.39 is 15.9 Å². The first-order valence-corrected chi connectivity index (χ1v) is 12.6. The van der Waals surface area contributed by atoms with Crippen LogP contribution in [-0.4, -0.2) is 45.6 Å². The molecule has 1 aliphatic rings. The molecule has 34 heavy (non-hydrogen) atoms. The van der Waals surface area contributed by atoms with Crippen molar-refractivity contribution in [2.24, 2.45) is 4.99 Å². The number of fused-ring (bicyclic) bond motifs is 1. The number of nitrogens with zero attached hydrogens (tertiary/aromatic N) is 2. The van der Waals surface area contributed by atoms with Gasteiger partial charge in [0.15, 0.2) is 0 Å². The Morgan fingerprint density at radius 3 is 2.38 bits per heavy atom. The van der Waals surface area contributed by atoms with Crippen LogP contribution in [0.5, 0.6) is 0 Å². The number of aliphatic imine (C=N–C) groups is 1. The molecule has 0 aliphatic carbocycles. The van der Waals surface area contributed by atoms with Crippen LogP contribution in [0, 0.1) is 0 Å². The summed E-state index contributed by atoms with van der Waals surface area (Å²) in [6.07, 6.45) is 0. The van der Waals surface area contributed by atoms with E-state index in [1.807, 2.05) is 68.7 Å². The predicted octanol–water partition coefficient (Wildman–Crippen LogP) is 3.90. The SMILES string of the molecule is CCNS(=O)(=O)c1ccc2c(c1)C(C(=Nc1ccc(CN(C)C)cc1)c1ccccc1)C(=O)N2. The molecule has 7 nitrogen and oxygen atoms in total. The lowest BCUT2D eigenvalue weighted by molar-refractivity contribution is -0.115. The molecule has 1 amide bonds. The molecule has 1 unspecified atom stereocenters. The van der Waals surface area contributed by atoms with Gasteiger partial charge in [0.05, 0.1) is 16.3 Å². The van der Waals surface area contributed by atoms with Crippen molar-refractivity contribution in [2.45, 2.75) is 24.3 Å². The van der Waals surface area contributed by atoms with Gasteiger partial charge >= 0.3 is 0 Å². The summed E-state index contributed by atoms with van der Waals surface area (Å²) in [5.41, 5.74) is 4.43. The summed E-state index contributed by atoms with van der Waals surface area (Å²) >= 11 is 0. The highest BCUT2D eigenvalue weighted by atomic mass is 32.2. The first-order valence-electron chi connectivity index (χ1n) is 11.1. The fraction of sp³-hybridized carbons (Fsp3) is 0.231. The second-order valence-electron chi connectivity index (χ2n) is 8.44. The Morgan fingerprint density at radius 1 is 1.03 bits per heavy atom. The standard InChI is InChI=1S/C26H28N4O3S/c1-4-27-34(32,33)21-14-15-23-22(16-21)24(26(31)29-23)25(19-8-6-5-7-9-19)28-20-12-10-18(11-13-20)17-30(2)3/h5-16,24,27H,4,17H2,1-3H3,(H,29,31). The monoisotopic (exact) mass is 476 g/mol. The van der Waals surface area contributed by atoms with Crippen molar-refractivity contribution in [1.29, 1.82) is 0 Å². The molecule has 2 N–H and O–H groups in total. The number of rotatable bonds is 8. The Hall–Kier alpha value is -3.33. The summed E-state index contributed by atoms with van der Waals surface area (Å²) in [6, 6.07) is 22.1. The number of hydrogen-bond acceptors (Lipinski definition) is 5.